The number of rotatable bonds is 5. The van der Waals surface area contributed by atoms with Crippen molar-refractivity contribution in [2.75, 3.05) is 26.6 Å². The highest BCUT2D eigenvalue weighted by atomic mass is 19.1. The van der Waals surface area contributed by atoms with Gasteiger partial charge in [0.15, 0.2) is 11.5 Å². The predicted molar refractivity (Wildman–Crippen MR) is 105 cm³/mol. The molecule has 0 unspecified atom stereocenters. The van der Waals surface area contributed by atoms with E-state index >= 15 is 0 Å². The van der Waals surface area contributed by atoms with E-state index in [-0.39, 0.29) is 24.1 Å². The molecule has 2 aromatic carbocycles. The Morgan fingerprint density at radius 1 is 1.07 bits per heavy atom. The molecule has 1 atom stereocenters. The molecule has 0 saturated carbocycles. The van der Waals surface area contributed by atoms with Crippen molar-refractivity contribution in [3.8, 4) is 22.9 Å². The van der Waals surface area contributed by atoms with Crippen molar-refractivity contribution in [2.24, 2.45) is 0 Å². The third kappa shape index (κ3) is 3.26. The fraction of sp³-hybridized carbons (Fsp3) is 0.238. The van der Waals surface area contributed by atoms with Crippen LogP contribution in [0.4, 0.5) is 10.2 Å². The number of carbonyl (C=O) groups is 1. The molecule has 4 rings (SSSR count). The number of anilines is 1. The molecule has 1 aromatic heterocycles. The van der Waals surface area contributed by atoms with Crippen LogP contribution in [0.15, 0.2) is 42.6 Å². The lowest BCUT2D eigenvalue weighted by atomic mass is 9.87. The van der Waals surface area contributed by atoms with E-state index in [9.17, 15) is 9.18 Å². The number of methoxy groups -OCH3 is 3. The molecular formula is C21H20FN3O4. The van der Waals surface area contributed by atoms with Crippen molar-refractivity contribution >= 4 is 11.7 Å². The topological polar surface area (TPSA) is 74.6 Å². The van der Waals surface area contributed by atoms with E-state index < -0.39 is 0 Å². The van der Waals surface area contributed by atoms with Gasteiger partial charge in [-0.15, -0.1) is 0 Å². The van der Waals surface area contributed by atoms with Gasteiger partial charge in [-0.25, -0.2) is 9.07 Å². The molecule has 1 aliphatic heterocycles. The maximum atomic E-state index is 13.3. The quantitative estimate of drug-likeness (QED) is 0.713. The number of amides is 1. The number of hydrogen-bond donors (Lipinski definition) is 1. The van der Waals surface area contributed by atoms with E-state index in [2.05, 4.69) is 10.4 Å². The van der Waals surface area contributed by atoms with Crippen molar-refractivity contribution in [1.82, 2.24) is 9.78 Å². The zero-order chi connectivity index (χ0) is 20.5. The molecule has 29 heavy (non-hydrogen) atoms. The summed E-state index contributed by atoms with van der Waals surface area (Å²) in [5, 5.41) is 7.30. The lowest BCUT2D eigenvalue weighted by Crippen LogP contribution is -2.24. The van der Waals surface area contributed by atoms with Gasteiger partial charge < -0.3 is 19.5 Å². The van der Waals surface area contributed by atoms with Crippen molar-refractivity contribution in [3.63, 3.8) is 0 Å². The first-order valence-electron chi connectivity index (χ1n) is 8.99. The summed E-state index contributed by atoms with van der Waals surface area (Å²) in [4.78, 5) is 12.5. The molecule has 0 aliphatic carbocycles. The molecule has 0 fully saturated rings. The molecule has 2 heterocycles. The van der Waals surface area contributed by atoms with E-state index in [1.165, 1.54) is 12.1 Å². The SMILES string of the molecule is COc1cc([C@H]2CC(=O)Nc3c2cnn3-c2ccc(F)cc2)cc(OC)c1OC. The summed E-state index contributed by atoms with van der Waals surface area (Å²) in [6.07, 6.45) is 1.97. The molecule has 1 N–H and O–H groups in total. The van der Waals surface area contributed by atoms with Gasteiger partial charge >= 0.3 is 0 Å². The monoisotopic (exact) mass is 397 g/mol. The number of hydrogen-bond acceptors (Lipinski definition) is 5. The summed E-state index contributed by atoms with van der Waals surface area (Å²) in [6, 6.07) is 9.60. The van der Waals surface area contributed by atoms with Gasteiger partial charge in [0.05, 0.1) is 33.2 Å². The highest BCUT2D eigenvalue weighted by Crippen LogP contribution is 2.44. The molecule has 8 heteroatoms. The van der Waals surface area contributed by atoms with E-state index in [0.717, 1.165) is 11.1 Å². The second kappa shape index (κ2) is 7.46. The van der Waals surface area contributed by atoms with Crippen LogP contribution in [0.5, 0.6) is 17.2 Å². The molecule has 1 aliphatic rings. The largest absolute Gasteiger partial charge is 0.493 e. The lowest BCUT2D eigenvalue weighted by molar-refractivity contribution is -0.116. The maximum Gasteiger partial charge on any atom is 0.226 e. The second-order valence-electron chi connectivity index (χ2n) is 6.60. The molecule has 0 saturated heterocycles. The predicted octanol–water partition coefficient (Wildman–Crippen LogP) is 3.51. The minimum atomic E-state index is -0.339. The summed E-state index contributed by atoms with van der Waals surface area (Å²) >= 11 is 0. The smallest absolute Gasteiger partial charge is 0.226 e. The van der Waals surface area contributed by atoms with Crippen LogP contribution in [0, 0.1) is 5.82 Å². The third-order valence-electron chi connectivity index (χ3n) is 4.98. The highest BCUT2D eigenvalue weighted by Gasteiger charge is 2.31. The van der Waals surface area contributed by atoms with Gasteiger partial charge in [-0.2, -0.15) is 5.10 Å². The van der Waals surface area contributed by atoms with Crippen molar-refractivity contribution < 1.29 is 23.4 Å². The molecule has 1 amide bonds. The Bertz CT molecular complexity index is 1040. The Morgan fingerprint density at radius 3 is 2.31 bits per heavy atom. The van der Waals surface area contributed by atoms with E-state index in [1.807, 2.05) is 12.1 Å². The van der Waals surface area contributed by atoms with Gasteiger partial charge in [-0.1, -0.05) is 0 Å². The number of benzene rings is 2. The normalized spacial score (nSPS) is 15.4. The van der Waals surface area contributed by atoms with Crippen LogP contribution in [-0.4, -0.2) is 37.0 Å². The van der Waals surface area contributed by atoms with Crippen LogP contribution in [0.2, 0.25) is 0 Å². The number of aromatic nitrogens is 2. The average molecular weight is 397 g/mol. The van der Waals surface area contributed by atoms with Crippen LogP contribution in [0.3, 0.4) is 0 Å². The van der Waals surface area contributed by atoms with E-state index in [4.69, 9.17) is 14.2 Å². The average Bonchev–Trinajstić information content (AvgIpc) is 3.16. The van der Waals surface area contributed by atoms with Gasteiger partial charge in [0.1, 0.15) is 11.6 Å². The Morgan fingerprint density at radius 2 is 1.72 bits per heavy atom. The summed E-state index contributed by atoms with van der Waals surface area (Å²) in [5.74, 6) is 1.35. The Labute approximate surface area is 167 Å². The Kier molecular flexibility index (Phi) is 4.84. The third-order valence-corrected chi connectivity index (χ3v) is 4.98. The second-order valence-corrected chi connectivity index (χ2v) is 6.60. The number of nitrogens with one attached hydrogen (secondary N) is 1. The van der Waals surface area contributed by atoms with Crippen LogP contribution < -0.4 is 19.5 Å². The molecule has 0 radical (unpaired) electrons. The number of halogens is 1. The Hall–Kier alpha value is -3.55. The van der Waals surface area contributed by atoms with Gasteiger partial charge in [-0.3, -0.25) is 4.79 Å². The number of nitrogens with zero attached hydrogens (tertiary/aromatic N) is 2. The van der Waals surface area contributed by atoms with Gasteiger partial charge in [0.2, 0.25) is 11.7 Å². The minimum absolute atomic E-state index is 0.139. The summed E-state index contributed by atoms with van der Waals surface area (Å²) < 4.78 is 31.2. The summed E-state index contributed by atoms with van der Waals surface area (Å²) in [7, 11) is 4.64. The molecular weight excluding hydrogens is 377 g/mol. The van der Waals surface area contributed by atoms with Crippen molar-refractivity contribution in [2.45, 2.75) is 12.3 Å². The standard InChI is InChI=1S/C21H20FN3O4/c1-27-17-8-12(9-18(28-2)20(17)29-3)15-10-19(26)24-21-16(15)11-23-25(21)14-6-4-13(22)5-7-14/h4-9,11,15H,10H2,1-3H3,(H,24,26)/t15-/m1/s1. The molecule has 0 bridgehead atoms. The fourth-order valence-corrected chi connectivity index (χ4v) is 3.60. The molecule has 150 valence electrons. The summed E-state index contributed by atoms with van der Waals surface area (Å²) in [5.41, 5.74) is 2.34. The first-order chi connectivity index (χ1) is 14.0. The van der Waals surface area contributed by atoms with Crippen LogP contribution >= 0.6 is 0 Å². The van der Waals surface area contributed by atoms with E-state index in [1.54, 1.807) is 44.3 Å². The fourth-order valence-electron chi connectivity index (χ4n) is 3.60. The Balaban J connectivity index is 1.82. The lowest BCUT2D eigenvalue weighted by Gasteiger charge is -2.25. The van der Waals surface area contributed by atoms with Crippen LogP contribution in [0.1, 0.15) is 23.5 Å². The molecule has 3 aromatic rings. The zero-order valence-corrected chi connectivity index (χ0v) is 16.2. The maximum absolute atomic E-state index is 13.3. The molecule has 0 spiro atoms. The van der Waals surface area contributed by atoms with Gasteiger partial charge in [-0.05, 0) is 42.0 Å². The van der Waals surface area contributed by atoms with Gasteiger partial charge in [0, 0.05) is 17.9 Å². The van der Waals surface area contributed by atoms with Crippen LogP contribution in [0.25, 0.3) is 5.69 Å². The highest BCUT2D eigenvalue weighted by molar-refractivity contribution is 5.94. The van der Waals surface area contributed by atoms with Gasteiger partial charge in [0.25, 0.3) is 0 Å². The summed E-state index contributed by atoms with van der Waals surface area (Å²) in [6.45, 7) is 0. The zero-order valence-electron chi connectivity index (χ0n) is 16.2. The molecule has 7 nitrogen and oxygen atoms in total. The number of ether oxygens (including phenoxy) is 3. The van der Waals surface area contributed by atoms with Crippen molar-refractivity contribution in [1.29, 1.82) is 0 Å². The minimum Gasteiger partial charge on any atom is -0.493 e. The van der Waals surface area contributed by atoms with Crippen molar-refractivity contribution in [3.05, 3.63) is 59.5 Å². The number of carbonyl (C=O) groups excluding carboxylic acids is 1. The number of fused-ring (bicyclic) bond motifs is 1. The first-order valence-corrected chi connectivity index (χ1v) is 8.99. The van der Waals surface area contributed by atoms with E-state index in [0.29, 0.717) is 28.8 Å². The first kappa shape index (κ1) is 18.8. The van der Waals surface area contributed by atoms with Crippen LogP contribution in [-0.2, 0) is 4.79 Å².